The molecule has 1 heterocycles. The van der Waals surface area contributed by atoms with Crippen molar-refractivity contribution in [3.05, 3.63) is 0 Å². The summed E-state index contributed by atoms with van der Waals surface area (Å²) in [5.74, 6) is 0.183. The molecule has 0 atom stereocenters. The molecule has 18 heavy (non-hydrogen) atoms. The summed E-state index contributed by atoms with van der Waals surface area (Å²) in [7, 11) is 5.21. The van der Waals surface area contributed by atoms with Gasteiger partial charge in [0.1, 0.15) is 0 Å². The van der Waals surface area contributed by atoms with Crippen LogP contribution in [0.3, 0.4) is 0 Å². The van der Waals surface area contributed by atoms with Crippen LogP contribution in [0.25, 0.3) is 0 Å². The maximum atomic E-state index is 11.6. The minimum Gasteiger partial charge on any atom is -0.358 e. The SMILES string of the molecule is CNC(=O)CN1CCCN(CC(=O)N(C)C)CC1. The van der Waals surface area contributed by atoms with E-state index in [0.717, 1.165) is 32.6 Å². The fraction of sp³-hybridized carbons (Fsp3) is 0.833. The number of likely N-dealkylation sites (N-methyl/N-ethyl adjacent to an activating group) is 2. The molecule has 1 N–H and O–H groups in total. The molecule has 0 saturated carbocycles. The Balaban J connectivity index is 2.36. The summed E-state index contributed by atoms with van der Waals surface area (Å²) >= 11 is 0. The molecule has 0 bridgehead atoms. The number of amides is 2. The van der Waals surface area contributed by atoms with Gasteiger partial charge in [-0.05, 0) is 19.5 Å². The summed E-state index contributed by atoms with van der Waals surface area (Å²) in [4.78, 5) is 28.9. The zero-order chi connectivity index (χ0) is 13.5. The average molecular weight is 256 g/mol. The van der Waals surface area contributed by atoms with E-state index in [0.29, 0.717) is 13.1 Å². The second-order valence-corrected chi connectivity index (χ2v) is 4.87. The summed E-state index contributed by atoms with van der Waals surface area (Å²) in [5, 5.41) is 2.64. The molecule has 6 heteroatoms. The molecule has 1 saturated heterocycles. The van der Waals surface area contributed by atoms with Crippen LogP contribution in [0, 0.1) is 0 Å². The number of carbonyl (C=O) groups is 2. The molecule has 0 aromatic carbocycles. The summed E-state index contributed by atoms with van der Waals surface area (Å²) in [6, 6.07) is 0. The van der Waals surface area contributed by atoms with Gasteiger partial charge in [-0.15, -0.1) is 0 Å². The van der Waals surface area contributed by atoms with E-state index in [-0.39, 0.29) is 11.8 Å². The lowest BCUT2D eigenvalue weighted by atomic mass is 10.3. The Labute approximate surface area is 109 Å². The van der Waals surface area contributed by atoms with Crippen molar-refractivity contribution in [1.29, 1.82) is 0 Å². The molecular formula is C12H24N4O2. The van der Waals surface area contributed by atoms with Crippen molar-refractivity contribution in [2.75, 3.05) is 60.4 Å². The maximum Gasteiger partial charge on any atom is 0.236 e. The van der Waals surface area contributed by atoms with E-state index in [1.54, 1.807) is 26.0 Å². The number of nitrogens with zero attached hydrogens (tertiary/aromatic N) is 3. The third kappa shape index (κ3) is 5.01. The van der Waals surface area contributed by atoms with Gasteiger partial charge in [-0.3, -0.25) is 19.4 Å². The minimum absolute atomic E-state index is 0.0489. The van der Waals surface area contributed by atoms with Crippen LogP contribution in [-0.2, 0) is 9.59 Å². The smallest absolute Gasteiger partial charge is 0.236 e. The minimum atomic E-state index is 0.0489. The zero-order valence-corrected chi connectivity index (χ0v) is 11.6. The van der Waals surface area contributed by atoms with Gasteiger partial charge in [0.2, 0.25) is 11.8 Å². The van der Waals surface area contributed by atoms with Gasteiger partial charge in [-0.1, -0.05) is 0 Å². The Morgan fingerprint density at radius 2 is 1.61 bits per heavy atom. The number of hydrogen-bond acceptors (Lipinski definition) is 4. The number of carbonyl (C=O) groups excluding carboxylic acids is 2. The van der Waals surface area contributed by atoms with Crippen molar-refractivity contribution >= 4 is 11.8 Å². The largest absolute Gasteiger partial charge is 0.358 e. The topological polar surface area (TPSA) is 55.9 Å². The quantitative estimate of drug-likeness (QED) is 0.688. The Morgan fingerprint density at radius 3 is 2.11 bits per heavy atom. The molecule has 104 valence electrons. The van der Waals surface area contributed by atoms with Gasteiger partial charge in [0, 0.05) is 34.2 Å². The van der Waals surface area contributed by atoms with E-state index >= 15 is 0 Å². The predicted molar refractivity (Wildman–Crippen MR) is 70.3 cm³/mol. The Bertz CT molecular complexity index is 294. The lowest BCUT2D eigenvalue weighted by molar-refractivity contribution is -0.130. The van der Waals surface area contributed by atoms with Gasteiger partial charge >= 0.3 is 0 Å². The molecule has 2 amide bonds. The van der Waals surface area contributed by atoms with Gasteiger partial charge in [0.15, 0.2) is 0 Å². The van der Waals surface area contributed by atoms with Crippen molar-refractivity contribution in [3.63, 3.8) is 0 Å². The molecule has 0 radical (unpaired) electrons. The normalized spacial score (nSPS) is 18.2. The van der Waals surface area contributed by atoms with E-state index < -0.39 is 0 Å². The van der Waals surface area contributed by atoms with Crippen LogP contribution in [0.2, 0.25) is 0 Å². The average Bonchev–Trinajstić information content (AvgIpc) is 2.54. The van der Waals surface area contributed by atoms with Gasteiger partial charge in [0.25, 0.3) is 0 Å². The lowest BCUT2D eigenvalue weighted by Gasteiger charge is -2.22. The van der Waals surface area contributed by atoms with Crippen molar-refractivity contribution in [3.8, 4) is 0 Å². The Kier molecular flexibility index (Phi) is 6.07. The van der Waals surface area contributed by atoms with Crippen LogP contribution >= 0.6 is 0 Å². The highest BCUT2D eigenvalue weighted by atomic mass is 16.2. The highest BCUT2D eigenvalue weighted by molar-refractivity contribution is 5.78. The molecule has 0 aromatic rings. The van der Waals surface area contributed by atoms with Crippen LogP contribution in [0.5, 0.6) is 0 Å². The fourth-order valence-electron chi connectivity index (χ4n) is 1.96. The van der Waals surface area contributed by atoms with Crippen molar-refractivity contribution in [1.82, 2.24) is 20.0 Å². The first-order valence-electron chi connectivity index (χ1n) is 6.38. The van der Waals surface area contributed by atoms with Crippen molar-refractivity contribution in [2.45, 2.75) is 6.42 Å². The van der Waals surface area contributed by atoms with Crippen molar-refractivity contribution in [2.24, 2.45) is 0 Å². The van der Waals surface area contributed by atoms with Crippen LogP contribution in [0.15, 0.2) is 0 Å². The lowest BCUT2D eigenvalue weighted by Crippen LogP contribution is -2.40. The monoisotopic (exact) mass is 256 g/mol. The fourth-order valence-corrected chi connectivity index (χ4v) is 1.96. The Hall–Kier alpha value is -1.14. The molecule has 0 unspecified atom stereocenters. The molecule has 0 aromatic heterocycles. The van der Waals surface area contributed by atoms with Crippen LogP contribution in [-0.4, -0.2) is 86.9 Å². The highest BCUT2D eigenvalue weighted by Crippen LogP contribution is 2.03. The summed E-state index contributed by atoms with van der Waals surface area (Å²) < 4.78 is 0. The van der Waals surface area contributed by atoms with E-state index in [1.807, 2.05) is 0 Å². The predicted octanol–water partition coefficient (Wildman–Crippen LogP) is -1.17. The van der Waals surface area contributed by atoms with Crippen LogP contribution in [0.1, 0.15) is 6.42 Å². The third-order valence-corrected chi connectivity index (χ3v) is 3.18. The number of nitrogens with one attached hydrogen (secondary N) is 1. The third-order valence-electron chi connectivity index (χ3n) is 3.18. The van der Waals surface area contributed by atoms with E-state index in [9.17, 15) is 9.59 Å². The Morgan fingerprint density at radius 1 is 1.06 bits per heavy atom. The van der Waals surface area contributed by atoms with E-state index in [1.165, 1.54) is 0 Å². The molecule has 6 nitrogen and oxygen atoms in total. The molecule has 1 aliphatic heterocycles. The number of hydrogen-bond donors (Lipinski definition) is 1. The standard InChI is InChI=1S/C12H24N4O2/c1-13-11(17)9-15-5-4-6-16(8-7-15)10-12(18)14(2)3/h4-10H2,1-3H3,(H,13,17). The number of rotatable bonds is 4. The molecule has 0 aliphatic carbocycles. The molecule has 0 spiro atoms. The first-order chi connectivity index (χ1) is 8.52. The maximum absolute atomic E-state index is 11.6. The van der Waals surface area contributed by atoms with Gasteiger partial charge in [-0.2, -0.15) is 0 Å². The first-order valence-corrected chi connectivity index (χ1v) is 6.38. The van der Waals surface area contributed by atoms with Crippen LogP contribution in [0.4, 0.5) is 0 Å². The molecule has 1 rings (SSSR count). The zero-order valence-electron chi connectivity index (χ0n) is 11.6. The van der Waals surface area contributed by atoms with Crippen molar-refractivity contribution < 1.29 is 9.59 Å². The van der Waals surface area contributed by atoms with E-state index in [4.69, 9.17) is 0 Å². The first kappa shape index (κ1) is 14.9. The van der Waals surface area contributed by atoms with Gasteiger partial charge < -0.3 is 10.2 Å². The molecule has 1 aliphatic rings. The van der Waals surface area contributed by atoms with Gasteiger partial charge in [0.05, 0.1) is 13.1 Å². The van der Waals surface area contributed by atoms with Crippen LogP contribution < -0.4 is 5.32 Å². The second-order valence-electron chi connectivity index (χ2n) is 4.87. The van der Waals surface area contributed by atoms with E-state index in [2.05, 4.69) is 15.1 Å². The summed E-state index contributed by atoms with van der Waals surface area (Å²) in [6.07, 6.45) is 0.998. The second kappa shape index (κ2) is 7.33. The summed E-state index contributed by atoms with van der Waals surface area (Å²) in [5.41, 5.74) is 0. The molecule has 1 fully saturated rings. The summed E-state index contributed by atoms with van der Waals surface area (Å²) in [6.45, 7) is 4.45. The highest BCUT2D eigenvalue weighted by Gasteiger charge is 2.18. The molecular weight excluding hydrogens is 232 g/mol. The van der Waals surface area contributed by atoms with Gasteiger partial charge in [-0.25, -0.2) is 0 Å².